The van der Waals surface area contributed by atoms with Crippen LogP contribution < -0.4 is 14.8 Å². The van der Waals surface area contributed by atoms with Crippen molar-refractivity contribution in [3.8, 4) is 11.5 Å². The van der Waals surface area contributed by atoms with Gasteiger partial charge in [0.2, 0.25) is 0 Å². The van der Waals surface area contributed by atoms with Crippen molar-refractivity contribution in [2.24, 2.45) is 5.92 Å². The molecule has 2 heterocycles. The maximum Gasteiger partial charge on any atom is 0.255 e. The van der Waals surface area contributed by atoms with E-state index in [0.717, 1.165) is 32.6 Å². The number of anilines is 1. The number of hydrogen-bond acceptors (Lipinski definition) is 5. The highest BCUT2D eigenvalue weighted by Gasteiger charge is 2.16. The molecule has 1 fully saturated rings. The van der Waals surface area contributed by atoms with Gasteiger partial charge in [-0.3, -0.25) is 9.48 Å². The van der Waals surface area contributed by atoms with Gasteiger partial charge in [0.15, 0.2) is 11.5 Å². The fourth-order valence-corrected chi connectivity index (χ4v) is 3.12. The quantitative estimate of drug-likeness (QED) is 0.768. The Labute approximate surface area is 159 Å². The largest absolute Gasteiger partial charge is 0.490 e. The summed E-state index contributed by atoms with van der Waals surface area (Å²) in [6.07, 6.45) is 5.64. The predicted octanol–water partition coefficient (Wildman–Crippen LogP) is 3.36. The number of hydrogen-bond donors (Lipinski definition) is 1. The van der Waals surface area contributed by atoms with E-state index < -0.39 is 0 Å². The molecule has 0 aliphatic carbocycles. The first kappa shape index (κ1) is 19.2. The Kier molecular flexibility index (Phi) is 6.70. The maximum absolute atomic E-state index is 12.6. The number of amides is 1. The number of carbonyl (C=O) groups excluding carboxylic acids is 1. The van der Waals surface area contributed by atoms with E-state index in [1.165, 1.54) is 0 Å². The third-order valence-corrected chi connectivity index (χ3v) is 4.48. The number of carbonyl (C=O) groups is 1. The molecule has 1 aromatic heterocycles. The van der Waals surface area contributed by atoms with Crippen LogP contribution in [0.1, 0.15) is 37.0 Å². The molecule has 0 saturated carbocycles. The van der Waals surface area contributed by atoms with Crippen molar-refractivity contribution in [2.45, 2.75) is 33.2 Å². The fraction of sp³-hybridized carbons (Fsp3) is 0.500. The van der Waals surface area contributed by atoms with Crippen molar-refractivity contribution in [2.75, 3.05) is 31.7 Å². The van der Waals surface area contributed by atoms with Gasteiger partial charge in [-0.2, -0.15) is 5.10 Å². The van der Waals surface area contributed by atoms with Gasteiger partial charge in [0.1, 0.15) is 0 Å². The van der Waals surface area contributed by atoms with E-state index in [1.807, 2.05) is 24.7 Å². The van der Waals surface area contributed by atoms with E-state index in [9.17, 15) is 4.79 Å². The van der Waals surface area contributed by atoms with E-state index in [-0.39, 0.29) is 5.91 Å². The van der Waals surface area contributed by atoms with Gasteiger partial charge in [-0.05, 0) is 50.8 Å². The van der Waals surface area contributed by atoms with Crippen molar-refractivity contribution in [3.05, 3.63) is 36.2 Å². The minimum Gasteiger partial charge on any atom is -0.490 e. The van der Waals surface area contributed by atoms with Crippen LogP contribution in [0.3, 0.4) is 0 Å². The van der Waals surface area contributed by atoms with Gasteiger partial charge < -0.3 is 19.5 Å². The molecule has 2 aromatic rings. The van der Waals surface area contributed by atoms with Gasteiger partial charge in [-0.25, -0.2) is 0 Å². The van der Waals surface area contributed by atoms with Crippen LogP contribution in [-0.2, 0) is 11.3 Å². The Hall–Kier alpha value is -2.54. The summed E-state index contributed by atoms with van der Waals surface area (Å²) in [7, 11) is 0. The molecule has 1 amide bonds. The molecule has 1 aliphatic rings. The predicted molar refractivity (Wildman–Crippen MR) is 103 cm³/mol. The molecule has 0 unspecified atom stereocenters. The topological polar surface area (TPSA) is 74.6 Å². The molecule has 7 nitrogen and oxygen atoms in total. The van der Waals surface area contributed by atoms with Crippen LogP contribution in [0.4, 0.5) is 5.69 Å². The zero-order chi connectivity index (χ0) is 19.1. The first-order valence-corrected chi connectivity index (χ1v) is 9.50. The van der Waals surface area contributed by atoms with Crippen molar-refractivity contribution < 1.29 is 19.0 Å². The molecule has 1 aromatic carbocycles. The molecule has 1 saturated heterocycles. The van der Waals surface area contributed by atoms with Crippen LogP contribution in [-0.4, -0.2) is 42.1 Å². The lowest BCUT2D eigenvalue weighted by molar-refractivity contribution is 0.0601. The van der Waals surface area contributed by atoms with E-state index in [1.54, 1.807) is 24.4 Å². The number of nitrogens with one attached hydrogen (secondary N) is 1. The Morgan fingerprint density at radius 1 is 1.22 bits per heavy atom. The highest BCUT2D eigenvalue weighted by Crippen LogP contribution is 2.29. The van der Waals surface area contributed by atoms with Crippen LogP contribution in [0, 0.1) is 5.92 Å². The summed E-state index contributed by atoms with van der Waals surface area (Å²) in [5.74, 6) is 1.58. The molecular weight excluding hydrogens is 346 g/mol. The summed E-state index contributed by atoms with van der Waals surface area (Å²) < 4.78 is 18.4. The zero-order valence-corrected chi connectivity index (χ0v) is 15.9. The van der Waals surface area contributed by atoms with Gasteiger partial charge in [-0.1, -0.05) is 0 Å². The zero-order valence-electron chi connectivity index (χ0n) is 15.9. The van der Waals surface area contributed by atoms with Gasteiger partial charge in [0.25, 0.3) is 5.91 Å². The molecule has 146 valence electrons. The standard InChI is InChI=1S/C20H27N3O4/c1-3-26-18-6-5-16(11-19(18)27-4-2)20(24)22-17-12-21-23(14-17)13-15-7-9-25-10-8-15/h5-6,11-12,14-15H,3-4,7-10,13H2,1-2H3,(H,22,24). The normalized spacial score (nSPS) is 14.7. The van der Waals surface area contributed by atoms with Crippen LogP contribution >= 0.6 is 0 Å². The van der Waals surface area contributed by atoms with Crippen molar-refractivity contribution in [1.82, 2.24) is 9.78 Å². The molecule has 1 N–H and O–H groups in total. The smallest absolute Gasteiger partial charge is 0.255 e. The minimum atomic E-state index is -0.204. The molecule has 1 aliphatic heterocycles. The molecule has 0 bridgehead atoms. The van der Waals surface area contributed by atoms with E-state index in [2.05, 4.69) is 10.4 Å². The number of aromatic nitrogens is 2. The Morgan fingerprint density at radius 2 is 1.96 bits per heavy atom. The monoisotopic (exact) mass is 373 g/mol. The van der Waals surface area contributed by atoms with Crippen LogP contribution in [0.15, 0.2) is 30.6 Å². The molecule has 0 spiro atoms. The molecule has 0 atom stereocenters. The van der Waals surface area contributed by atoms with Crippen molar-refractivity contribution >= 4 is 11.6 Å². The number of benzene rings is 1. The number of rotatable bonds is 8. The average molecular weight is 373 g/mol. The van der Waals surface area contributed by atoms with E-state index >= 15 is 0 Å². The van der Waals surface area contributed by atoms with Gasteiger partial charge in [0, 0.05) is 31.5 Å². The molecular formula is C20H27N3O4. The summed E-state index contributed by atoms with van der Waals surface area (Å²) in [4.78, 5) is 12.6. The Balaban J connectivity index is 1.63. The maximum atomic E-state index is 12.6. The summed E-state index contributed by atoms with van der Waals surface area (Å²) in [5, 5.41) is 7.25. The second kappa shape index (κ2) is 9.41. The SMILES string of the molecule is CCOc1ccc(C(=O)Nc2cnn(CC3CCOCC3)c2)cc1OCC. The lowest BCUT2D eigenvalue weighted by Gasteiger charge is -2.21. The highest BCUT2D eigenvalue weighted by molar-refractivity contribution is 6.04. The first-order chi connectivity index (χ1) is 13.2. The third kappa shape index (κ3) is 5.23. The average Bonchev–Trinajstić information content (AvgIpc) is 3.11. The number of nitrogens with zero attached hydrogens (tertiary/aromatic N) is 2. The van der Waals surface area contributed by atoms with E-state index in [0.29, 0.717) is 41.9 Å². The number of ether oxygens (including phenoxy) is 3. The second-order valence-electron chi connectivity index (χ2n) is 6.49. The lowest BCUT2D eigenvalue weighted by atomic mass is 10.0. The third-order valence-electron chi connectivity index (χ3n) is 4.48. The molecule has 7 heteroatoms. The summed E-state index contributed by atoms with van der Waals surface area (Å²) in [6.45, 7) is 7.33. The van der Waals surface area contributed by atoms with Crippen molar-refractivity contribution in [1.29, 1.82) is 0 Å². The minimum absolute atomic E-state index is 0.204. The molecule has 0 radical (unpaired) electrons. The molecule has 27 heavy (non-hydrogen) atoms. The van der Waals surface area contributed by atoms with Crippen LogP contribution in [0.5, 0.6) is 11.5 Å². The van der Waals surface area contributed by atoms with Gasteiger partial charge in [0.05, 0.1) is 25.1 Å². The van der Waals surface area contributed by atoms with Gasteiger partial charge >= 0.3 is 0 Å². The summed E-state index contributed by atoms with van der Waals surface area (Å²) in [6, 6.07) is 5.20. The fourth-order valence-electron chi connectivity index (χ4n) is 3.12. The van der Waals surface area contributed by atoms with Crippen LogP contribution in [0.2, 0.25) is 0 Å². The van der Waals surface area contributed by atoms with Crippen LogP contribution in [0.25, 0.3) is 0 Å². The molecule has 3 rings (SSSR count). The summed E-state index contributed by atoms with van der Waals surface area (Å²) in [5.41, 5.74) is 1.19. The highest BCUT2D eigenvalue weighted by atomic mass is 16.5. The van der Waals surface area contributed by atoms with E-state index in [4.69, 9.17) is 14.2 Å². The van der Waals surface area contributed by atoms with Crippen molar-refractivity contribution in [3.63, 3.8) is 0 Å². The Morgan fingerprint density at radius 3 is 2.70 bits per heavy atom. The van der Waals surface area contributed by atoms with Gasteiger partial charge in [-0.15, -0.1) is 0 Å². The first-order valence-electron chi connectivity index (χ1n) is 9.50. The lowest BCUT2D eigenvalue weighted by Crippen LogP contribution is -2.20. The summed E-state index contributed by atoms with van der Waals surface area (Å²) >= 11 is 0. The Bertz CT molecular complexity index is 753. The second-order valence-corrected chi connectivity index (χ2v) is 6.49.